The number of benzene rings is 1. The zero-order valence-corrected chi connectivity index (χ0v) is 11.9. The van der Waals surface area contributed by atoms with Crippen molar-refractivity contribution in [3.63, 3.8) is 0 Å². The molecule has 1 rings (SSSR count). The Labute approximate surface area is 115 Å². The van der Waals surface area contributed by atoms with E-state index in [0.717, 1.165) is 12.1 Å². The molecule has 0 atom stereocenters. The predicted octanol–water partition coefficient (Wildman–Crippen LogP) is 2.82. The number of hydrogen-bond acceptors (Lipinski definition) is 2. The second-order valence-corrected chi connectivity index (χ2v) is 6.48. The fourth-order valence-corrected chi connectivity index (χ4v) is 3.22. The van der Waals surface area contributed by atoms with Gasteiger partial charge in [0.1, 0.15) is 4.90 Å². The smallest absolute Gasteiger partial charge is 0.207 e. The molecule has 0 amide bonds. The Balaban J connectivity index is 3.32. The first-order valence-corrected chi connectivity index (χ1v) is 7.00. The quantitative estimate of drug-likeness (QED) is 0.689. The molecule has 0 aliphatic heterocycles. The first kappa shape index (κ1) is 15.3. The third-order valence-electron chi connectivity index (χ3n) is 2.04. The first-order valence-electron chi connectivity index (χ1n) is 4.76. The van der Waals surface area contributed by atoms with Crippen molar-refractivity contribution in [2.75, 3.05) is 0 Å². The molecule has 1 N–H and O–H groups in total. The molecule has 0 bridgehead atoms. The Hall–Kier alpha value is -0.800. The van der Waals surface area contributed by atoms with E-state index in [-0.39, 0.29) is 5.02 Å². The molecule has 0 saturated carbocycles. The third kappa shape index (κ3) is 3.15. The highest BCUT2D eigenvalue weighted by Crippen LogP contribution is 2.29. The van der Waals surface area contributed by atoms with Gasteiger partial charge >= 0.3 is 0 Å². The maximum atomic E-state index is 13.4. The van der Waals surface area contributed by atoms with E-state index in [4.69, 9.17) is 29.6 Å². The van der Waals surface area contributed by atoms with Crippen LogP contribution in [0, 0.1) is 18.2 Å². The predicted molar refractivity (Wildman–Crippen MR) is 69.7 cm³/mol. The van der Waals surface area contributed by atoms with E-state index in [2.05, 4.69) is 10.6 Å². The molecule has 0 saturated heterocycles. The minimum atomic E-state index is -4.02. The summed E-state index contributed by atoms with van der Waals surface area (Å²) in [5.74, 6) is 1.27. The van der Waals surface area contributed by atoms with E-state index in [9.17, 15) is 12.8 Å². The molecule has 0 fully saturated rings. The molecule has 7 heteroatoms. The minimum absolute atomic E-state index is 0.254. The van der Waals surface area contributed by atoms with E-state index < -0.39 is 31.3 Å². The molecule has 0 unspecified atom stereocenters. The van der Waals surface area contributed by atoms with Crippen LogP contribution < -0.4 is 4.72 Å². The van der Waals surface area contributed by atoms with Crippen molar-refractivity contribution in [1.82, 2.24) is 4.72 Å². The van der Waals surface area contributed by atoms with Crippen LogP contribution in [0.15, 0.2) is 17.0 Å². The van der Waals surface area contributed by atoms with Crippen molar-refractivity contribution < 1.29 is 12.8 Å². The van der Waals surface area contributed by atoms with Gasteiger partial charge in [-0.25, -0.2) is 12.8 Å². The van der Waals surface area contributed by atoms with Crippen molar-refractivity contribution in [2.24, 2.45) is 0 Å². The van der Waals surface area contributed by atoms with Gasteiger partial charge in [-0.2, -0.15) is 4.72 Å². The molecule has 0 radical (unpaired) electrons. The molecule has 0 aliphatic carbocycles. The van der Waals surface area contributed by atoms with Crippen LogP contribution in [0.1, 0.15) is 13.8 Å². The summed E-state index contributed by atoms with van der Waals surface area (Å²) < 4.78 is 39.6. The maximum Gasteiger partial charge on any atom is 0.243 e. The molecule has 1 aromatic carbocycles. The average Bonchev–Trinajstić information content (AvgIpc) is 2.24. The molecule has 0 heterocycles. The van der Waals surface area contributed by atoms with E-state index in [1.54, 1.807) is 0 Å². The van der Waals surface area contributed by atoms with Gasteiger partial charge in [0.05, 0.1) is 15.6 Å². The summed E-state index contributed by atoms with van der Waals surface area (Å²) in [6.07, 6.45) is 5.18. The van der Waals surface area contributed by atoms with Gasteiger partial charge in [-0.1, -0.05) is 29.1 Å². The molecule has 1 aromatic rings. The summed E-state index contributed by atoms with van der Waals surface area (Å²) >= 11 is 11.1. The largest absolute Gasteiger partial charge is 0.243 e. The van der Waals surface area contributed by atoms with Crippen LogP contribution in [-0.4, -0.2) is 14.0 Å². The number of sulfonamides is 1. The van der Waals surface area contributed by atoms with Crippen molar-refractivity contribution in [3.8, 4) is 12.3 Å². The van der Waals surface area contributed by atoms with Gasteiger partial charge < -0.3 is 0 Å². The van der Waals surface area contributed by atoms with Gasteiger partial charge in [0.2, 0.25) is 10.0 Å². The first-order chi connectivity index (χ1) is 8.10. The van der Waals surface area contributed by atoms with Crippen LogP contribution >= 0.6 is 23.2 Å². The minimum Gasteiger partial charge on any atom is -0.207 e. The normalized spacial score (nSPS) is 12.2. The van der Waals surface area contributed by atoms with Crippen LogP contribution in [0.5, 0.6) is 0 Å². The summed E-state index contributed by atoms with van der Waals surface area (Å²) in [5, 5.41) is -0.821. The fourth-order valence-electron chi connectivity index (χ4n) is 1.14. The average molecular weight is 310 g/mol. The molecule has 0 spiro atoms. The Morgan fingerprint density at radius 1 is 1.39 bits per heavy atom. The lowest BCUT2D eigenvalue weighted by molar-refractivity contribution is 0.537. The molecule has 0 aliphatic rings. The van der Waals surface area contributed by atoms with Gasteiger partial charge in [0.25, 0.3) is 0 Å². The van der Waals surface area contributed by atoms with E-state index in [1.807, 2.05) is 0 Å². The van der Waals surface area contributed by atoms with Crippen LogP contribution in [-0.2, 0) is 10.0 Å². The van der Waals surface area contributed by atoms with Gasteiger partial charge in [0.15, 0.2) is 5.82 Å². The lowest BCUT2D eigenvalue weighted by atomic mass is 10.1. The number of halogens is 3. The second-order valence-electron chi connectivity index (χ2n) is 4.05. The highest BCUT2D eigenvalue weighted by molar-refractivity contribution is 7.89. The van der Waals surface area contributed by atoms with Gasteiger partial charge in [-0.3, -0.25) is 0 Å². The number of terminal acetylenes is 1. The summed E-state index contributed by atoms with van der Waals surface area (Å²) in [4.78, 5) is -0.408. The monoisotopic (exact) mass is 309 g/mol. The van der Waals surface area contributed by atoms with Gasteiger partial charge in [-0.15, -0.1) is 6.42 Å². The molecule has 3 nitrogen and oxygen atoms in total. The van der Waals surface area contributed by atoms with Gasteiger partial charge in [0, 0.05) is 0 Å². The SMILES string of the molecule is C#CC(C)(C)NS(=O)(=O)c1ccc(Cl)c(F)c1Cl. The third-order valence-corrected chi connectivity index (χ3v) is 4.51. The zero-order chi connectivity index (χ0) is 14.1. The maximum absolute atomic E-state index is 13.4. The summed E-state index contributed by atoms with van der Waals surface area (Å²) in [6, 6.07) is 2.23. The van der Waals surface area contributed by atoms with Crippen molar-refractivity contribution in [3.05, 3.63) is 28.0 Å². The van der Waals surface area contributed by atoms with Crippen LogP contribution in [0.2, 0.25) is 10.0 Å². The van der Waals surface area contributed by atoms with Crippen molar-refractivity contribution >= 4 is 33.2 Å². The number of nitrogens with one attached hydrogen (secondary N) is 1. The van der Waals surface area contributed by atoms with Crippen molar-refractivity contribution in [1.29, 1.82) is 0 Å². The zero-order valence-electron chi connectivity index (χ0n) is 9.59. The van der Waals surface area contributed by atoms with Crippen LogP contribution in [0.25, 0.3) is 0 Å². The Kier molecular flexibility index (Phi) is 4.29. The Bertz CT molecular complexity index is 621. The summed E-state index contributed by atoms with van der Waals surface area (Å²) in [7, 11) is -4.02. The molecule has 18 heavy (non-hydrogen) atoms. The fraction of sp³-hybridized carbons (Fsp3) is 0.273. The lowest BCUT2D eigenvalue weighted by Crippen LogP contribution is -2.42. The lowest BCUT2D eigenvalue weighted by Gasteiger charge is -2.20. The summed E-state index contributed by atoms with van der Waals surface area (Å²) in [6.45, 7) is 2.98. The number of hydrogen-bond donors (Lipinski definition) is 1. The standard InChI is InChI=1S/C11H10Cl2FNO2S/c1-4-11(2,3)15-18(16,17)8-6-5-7(12)10(14)9(8)13/h1,5-6,15H,2-3H3. The van der Waals surface area contributed by atoms with E-state index in [1.165, 1.54) is 13.8 Å². The highest BCUT2D eigenvalue weighted by atomic mass is 35.5. The molecule has 98 valence electrons. The molecule has 0 aromatic heterocycles. The molecular weight excluding hydrogens is 300 g/mol. The Morgan fingerprint density at radius 2 is 1.94 bits per heavy atom. The second kappa shape index (κ2) is 5.06. The summed E-state index contributed by atoms with van der Waals surface area (Å²) in [5.41, 5.74) is -1.11. The van der Waals surface area contributed by atoms with Gasteiger partial charge in [-0.05, 0) is 26.0 Å². The molecular formula is C11H10Cl2FNO2S. The highest BCUT2D eigenvalue weighted by Gasteiger charge is 2.27. The van der Waals surface area contributed by atoms with E-state index in [0.29, 0.717) is 0 Å². The van der Waals surface area contributed by atoms with Crippen LogP contribution in [0.3, 0.4) is 0 Å². The van der Waals surface area contributed by atoms with Crippen molar-refractivity contribution in [2.45, 2.75) is 24.3 Å². The Morgan fingerprint density at radius 3 is 2.44 bits per heavy atom. The van der Waals surface area contributed by atoms with E-state index >= 15 is 0 Å². The topological polar surface area (TPSA) is 46.2 Å². The number of rotatable bonds is 3. The van der Waals surface area contributed by atoms with Crippen LogP contribution in [0.4, 0.5) is 4.39 Å².